The molecule has 0 aromatic heterocycles. The van der Waals surface area contributed by atoms with Crippen LogP contribution in [0.5, 0.6) is 0 Å². The molecule has 0 amide bonds. The van der Waals surface area contributed by atoms with Gasteiger partial charge < -0.3 is 5.32 Å². The van der Waals surface area contributed by atoms with Gasteiger partial charge in [-0.3, -0.25) is 0 Å². The zero-order valence-corrected chi connectivity index (χ0v) is 12.1. The standard InChI is InChI=1S/C12H16F4N2O2S/c1-21(19,20)18-6-2-5-17-8-9-3-4-10(13)7-11(9)12(14,15)16/h3-4,7,17-18H,2,5-6,8H2,1H3. The van der Waals surface area contributed by atoms with Crippen molar-refractivity contribution in [3.05, 3.63) is 35.1 Å². The third kappa shape index (κ3) is 6.87. The maximum Gasteiger partial charge on any atom is 0.416 e. The molecule has 0 bridgehead atoms. The molecular weight excluding hydrogens is 312 g/mol. The Hall–Kier alpha value is -1.19. The molecule has 1 aromatic carbocycles. The highest BCUT2D eigenvalue weighted by Crippen LogP contribution is 2.32. The number of sulfonamides is 1. The van der Waals surface area contributed by atoms with Crippen LogP contribution in [0.2, 0.25) is 0 Å². The van der Waals surface area contributed by atoms with Crippen molar-refractivity contribution in [2.75, 3.05) is 19.3 Å². The van der Waals surface area contributed by atoms with Gasteiger partial charge in [0.15, 0.2) is 0 Å². The molecule has 1 rings (SSSR count). The van der Waals surface area contributed by atoms with Crippen LogP contribution in [0.4, 0.5) is 17.6 Å². The Labute approximate surface area is 120 Å². The molecule has 0 unspecified atom stereocenters. The molecule has 0 atom stereocenters. The van der Waals surface area contributed by atoms with E-state index in [1.54, 1.807) is 0 Å². The zero-order valence-electron chi connectivity index (χ0n) is 11.3. The van der Waals surface area contributed by atoms with Gasteiger partial charge in [0.25, 0.3) is 0 Å². The summed E-state index contributed by atoms with van der Waals surface area (Å²) in [6.07, 6.45) is -3.17. The maximum atomic E-state index is 12.9. The lowest BCUT2D eigenvalue weighted by Crippen LogP contribution is -2.26. The first-order chi connectivity index (χ1) is 9.59. The summed E-state index contributed by atoms with van der Waals surface area (Å²) < 4.78 is 74.9. The van der Waals surface area contributed by atoms with Crippen molar-refractivity contribution in [1.82, 2.24) is 10.0 Å². The van der Waals surface area contributed by atoms with Gasteiger partial charge in [0.2, 0.25) is 10.0 Å². The fourth-order valence-electron chi connectivity index (χ4n) is 1.66. The van der Waals surface area contributed by atoms with E-state index in [2.05, 4.69) is 10.0 Å². The summed E-state index contributed by atoms with van der Waals surface area (Å²) >= 11 is 0. The quantitative estimate of drug-likeness (QED) is 0.593. The smallest absolute Gasteiger partial charge is 0.313 e. The predicted octanol–water partition coefficient (Wildman–Crippen LogP) is 1.87. The number of alkyl halides is 3. The van der Waals surface area contributed by atoms with Crippen molar-refractivity contribution in [2.45, 2.75) is 19.1 Å². The maximum absolute atomic E-state index is 12.9. The zero-order chi connectivity index (χ0) is 16.1. The molecular formula is C12H16F4N2O2S. The lowest BCUT2D eigenvalue weighted by Gasteiger charge is -2.13. The van der Waals surface area contributed by atoms with Crippen LogP contribution in [0.1, 0.15) is 17.5 Å². The highest BCUT2D eigenvalue weighted by molar-refractivity contribution is 7.88. The van der Waals surface area contributed by atoms with Gasteiger partial charge in [-0.15, -0.1) is 0 Å². The van der Waals surface area contributed by atoms with Crippen LogP contribution in [-0.4, -0.2) is 27.8 Å². The molecule has 0 aliphatic carbocycles. The average molecular weight is 328 g/mol. The number of rotatable bonds is 7. The van der Waals surface area contributed by atoms with Crippen molar-refractivity contribution in [1.29, 1.82) is 0 Å². The van der Waals surface area contributed by atoms with Crippen molar-refractivity contribution < 1.29 is 26.0 Å². The summed E-state index contributed by atoms with van der Waals surface area (Å²) in [6, 6.07) is 2.51. The summed E-state index contributed by atoms with van der Waals surface area (Å²) in [4.78, 5) is 0. The second kappa shape index (κ2) is 7.19. The summed E-state index contributed by atoms with van der Waals surface area (Å²) in [7, 11) is -3.26. The second-order valence-electron chi connectivity index (χ2n) is 4.50. The van der Waals surface area contributed by atoms with E-state index >= 15 is 0 Å². The molecule has 9 heteroatoms. The van der Waals surface area contributed by atoms with Crippen molar-refractivity contribution in [3.8, 4) is 0 Å². The van der Waals surface area contributed by atoms with E-state index in [9.17, 15) is 26.0 Å². The molecule has 0 saturated heterocycles. The van der Waals surface area contributed by atoms with Crippen LogP contribution in [0.15, 0.2) is 18.2 Å². The van der Waals surface area contributed by atoms with Crippen molar-refractivity contribution >= 4 is 10.0 Å². The first-order valence-corrected chi connectivity index (χ1v) is 8.00. The topological polar surface area (TPSA) is 58.2 Å². The fraction of sp³-hybridized carbons (Fsp3) is 0.500. The highest BCUT2D eigenvalue weighted by atomic mass is 32.2. The molecule has 1 aromatic rings. The van der Waals surface area contributed by atoms with E-state index in [4.69, 9.17) is 0 Å². The third-order valence-corrected chi connectivity index (χ3v) is 3.32. The monoisotopic (exact) mass is 328 g/mol. The van der Waals surface area contributed by atoms with E-state index in [1.807, 2.05) is 0 Å². The first-order valence-electron chi connectivity index (χ1n) is 6.10. The van der Waals surface area contributed by atoms with Crippen LogP contribution in [0.3, 0.4) is 0 Å². The van der Waals surface area contributed by atoms with E-state index in [0.717, 1.165) is 18.4 Å². The highest BCUT2D eigenvalue weighted by Gasteiger charge is 2.33. The second-order valence-corrected chi connectivity index (χ2v) is 6.33. The summed E-state index contributed by atoms with van der Waals surface area (Å²) in [6.45, 7) is 0.451. The van der Waals surface area contributed by atoms with Crippen LogP contribution >= 0.6 is 0 Å². The van der Waals surface area contributed by atoms with E-state index in [-0.39, 0.29) is 18.7 Å². The molecule has 21 heavy (non-hydrogen) atoms. The lowest BCUT2D eigenvalue weighted by molar-refractivity contribution is -0.138. The Morgan fingerprint density at radius 3 is 2.43 bits per heavy atom. The molecule has 0 saturated carbocycles. The largest absolute Gasteiger partial charge is 0.416 e. The Bertz CT molecular complexity index is 573. The van der Waals surface area contributed by atoms with E-state index < -0.39 is 27.6 Å². The molecule has 2 N–H and O–H groups in total. The van der Waals surface area contributed by atoms with Gasteiger partial charge in [0, 0.05) is 13.1 Å². The van der Waals surface area contributed by atoms with Crippen LogP contribution in [-0.2, 0) is 22.7 Å². The molecule has 120 valence electrons. The Kier molecular flexibility index (Phi) is 6.11. The van der Waals surface area contributed by atoms with Gasteiger partial charge in [0.1, 0.15) is 5.82 Å². The summed E-state index contributed by atoms with van der Waals surface area (Å²) in [5.74, 6) is -0.941. The average Bonchev–Trinajstić information content (AvgIpc) is 2.32. The minimum Gasteiger partial charge on any atom is -0.313 e. The molecule has 0 aliphatic heterocycles. The molecule has 0 aliphatic rings. The molecule has 4 nitrogen and oxygen atoms in total. The van der Waals surface area contributed by atoms with E-state index in [0.29, 0.717) is 19.0 Å². The lowest BCUT2D eigenvalue weighted by atomic mass is 10.1. The predicted molar refractivity (Wildman–Crippen MR) is 70.6 cm³/mol. The van der Waals surface area contributed by atoms with Gasteiger partial charge in [0.05, 0.1) is 11.8 Å². The van der Waals surface area contributed by atoms with Gasteiger partial charge >= 0.3 is 6.18 Å². The molecule has 0 heterocycles. The molecule has 0 fully saturated rings. The number of hydrogen-bond donors (Lipinski definition) is 2. The number of hydrogen-bond acceptors (Lipinski definition) is 3. The Balaban J connectivity index is 2.49. The molecule has 0 spiro atoms. The van der Waals surface area contributed by atoms with Gasteiger partial charge in [-0.25, -0.2) is 17.5 Å². The Morgan fingerprint density at radius 2 is 1.86 bits per heavy atom. The minimum absolute atomic E-state index is 0.0556. The normalized spacial score (nSPS) is 12.6. The number of nitrogens with one attached hydrogen (secondary N) is 2. The fourth-order valence-corrected chi connectivity index (χ4v) is 2.18. The first kappa shape index (κ1) is 17.9. The number of halogens is 4. The summed E-state index contributed by atoms with van der Waals surface area (Å²) in [5.41, 5.74) is -1.07. The van der Waals surface area contributed by atoms with Crippen molar-refractivity contribution in [3.63, 3.8) is 0 Å². The van der Waals surface area contributed by atoms with Gasteiger partial charge in [-0.05, 0) is 30.7 Å². The van der Waals surface area contributed by atoms with Crippen LogP contribution in [0.25, 0.3) is 0 Å². The Morgan fingerprint density at radius 1 is 1.19 bits per heavy atom. The van der Waals surface area contributed by atoms with Gasteiger partial charge in [-0.1, -0.05) is 6.07 Å². The summed E-state index contributed by atoms with van der Waals surface area (Å²) in [5, 5.41) is 2.76. The van der Waals surface area contributed by atoms with Crippen LogP contribution < -0.4 is 10.0 Å². The third-order valence-electron chi connectivity index (χ3n) is 2.59. The van der Waals surface area contributed by atoms with Crippen molar-refractivity contribution in [2.24, 2.45) is 0 Å². The minimum atomic E-state index is -4.61. The van der Waals surface area contributed by atoms with Gasteiger partial charge in [-0.2, -0.15) is 13.2 Å². The molecule has 0 radical (unpaired) electrons. The number of benzene rings is 1. The van der Waals surface area contributed by atoms with Crippen LogP contribution in [0, 0.1) is 5.82 Å². The van der Waals surface area contributed by atoms with E-state index in [1.165, 1.54) is 0 Å². The SMILES string of the molecule is CS(=O)(=O)NCCCNCc1ccc(F)cc1C(F)(F)F.